The van der Waals surface area contributed by atoms with Crippen molar-refractivity contribution in [1.29, 1.82) is 0 Å². The monoisotopic (exact) mass is 1110 g/mol. The van der Waals surface area contributed by atoms with E-state index in [1.807, 2.05) is 6.08 Å². The second kappa shape index (κ2) is 55.1. The summed E-state index contributed by atoms with van der Waals surface area (Å²) in [5, 5.41) is 57.0. The van der Waals surface area contributed by atoms with Crippen molar-refractivity contribution in [3.8, 4) is 0 Å². The maximum absolute atomic E-state index is 13.4. The number of hydrogen-bond acceptors (Lipinski definition) is 10. The number of ether oxygens (including phenoxy) is 3. The molecule has 0 aromatic heterocycles. The summed E-state index contributed by atoms with van der Waals surface area (Å²) < 4.78 is 17.6. The number of rotatable bonds is 53. The summed E-state index contributed by atoms with van der Waals surface area (Å²) in [6.07, 6.45) is 62.9. The van der Waals surface area contributed by atoms with Gasteiger partial charge in [0.05, 0.1) is 25.4 Å². The van der Waals surface area contributed by atoms with Crippen molar-refractivity contribution in [2.75, 3.05) is 13.2 Å². The van der Waals surface area contributed by atoms with E-state index in [2.05, 4.69) is 111 Å². The van der Waals surface area contributed by atoms with Crippen LogP contribution >= 0.6 is 0 Å². The molecule has 0 radical (unpaired) electrons. The molecule has 0 aromatic carbocycles. The first-order valence-corrected chi connectivity index (χ1v) is 32.0. The number of aliphatic hydroxyl groups excluding tert-OH is 5. The van der Waals surface area contributed by atoms with E-state index in [1.165, 1.54) is 103 Å². The van der Waals surface area contributed by atoms with Crippen molar-refractivity contribution in [2.45, 2.75) is 307 Å². The number of carbonyl (C=O) groups excluding carboxylic acids is 2. The number of aliphatic hydroxyl groups is 5. The molecule has 8 unspecified atom stereocenters. The molecule has 1 heterocycles. The Morgan fingerprint density at radius 3 is 1.39 bits per heavy atom. The molecule has 0 aliphatic carbocycles. The van der Waals surface area contributed by atoms with E-state index in [-0.39, 0.29) is 19.4 Å². The normalized spacial score (nSPS) is 19.5. The summed E-state index contributed by atoms with van der Waals surface area (Å²) in [5.41, 5.74) is 0. The largest absolute Gasteiger partial charge is 0.454 e. The maximum atomic E-state index is 13.4. The Hall–Kier alpha value is -3.42. The van der Waals surface area contributed by atoms with Gasteiger partial charge in [-0.15, -0.1) is 0 Å². The molecule has 11 heteroatoms. The summed E-state index contributed by atoms with van der Waals surface area (Å²) in [6.45, 7) is 5.63. The van der Waals surface area contributed by atoms with Crippen LogP contribution in [0.25, 0.3) is 0 Å². The first kappa shape index (κ1) is 73.6. The third kappa shape index (κ3) is 43.0. The first-order chi connectivity index (χ1) is 38.7. The van der Waals surface area contributed by atoms with Crippen molar-refractivity contribution in [3.63, 3.8) is 0 Å². The SMILES string of the molecule is CC/C=C\C/C=C\C/C=C\C/C=C\C/C=C\CCCCC(O)C(=O)NC(COC1OC(CO)C(O)C(O)C1OC(=O)CCCCCCCCCCC/C=C\C/C=C\CCCCC)C(O)/C=C/CCCCCCCCCCCCC. The minimum atomic E-state index is -1.63. The Labute approximate surface area is 482 Å². The summed E-state index contributed by atoms with van der Waals surface area (Å²) in [7, 11) is 0. The predicted molar refractivity (Wildman–Crippen MR) is 329 cm³/mol. The number of amides is 1. The van der Waals surface area contributed by atoms with Crippen LogP contribution in [0.5, 0.6) is 0 Å². The highest BCUT2D eigenvalue weighted by Gasteiger charge is 2.47. The van der Waals surface area contributed by atoms with E-state index >= 15 is 0 Å². The number of nitrogens with one attached hydrogen (secondary N) is 1. The van der Waals surface area contributed by atoms with Gasteiger partial charge in [-0.05, 0) is 103 Å². The predicted octanol–water partition coefficient (Wildman–Crippen LogP) is 15.5. The number of esters is 1. The molecule has 0 saturated carbocycles. The molecule has 11 nitrogen and oxygen atoms in total. The van der Waals surface area contributed by atoms with Crippen LogP contribution in [0.15, 0.2) is 97.2 Å². The van der Waals surface area contributed by atoms with Gasteiger partial charge in [-0.2, -0.15) is 0 Å². The van der Waals surface area contributed by atoms with Crippen LogP contribution in [0.2, 0.25) is 0 Å². The molecule has 1 saturated heterocycles. The van der Waals surface area contributed by atoms with Crippen molar-refractivity contribution in [1.82, 2.24) is 5.32 Å². The number of unbranched alkanes of at least 4 members (excludes halogenated alkanes) is 25. The average molecular weight is 1110 g/mol. The van der Waals surface area contributed by atoms with Gasteiger partial charge in [0, 0.05) is 6.42 Å². The van der Waals surface area contributed by atoms with Crippen molar-refractivity contribution in [3.05, 3.63) is 97.2 Å². The van der Waals surface area contributed by atoms with Crippen LogP contribution in [-0.2, 0) is 23.8 Å². The zero-order chi connectivity index (χ0) is 57.5. The smallest absolute Gasteiger partial charge is 0.306 e. The maximum Gasteiger partial charge on any atom is 0.306 e. The van der Waals surface area contributed by atoms with Crippen molar-refractivity contribution >= 4 is 11.9 Å². The van der Waals surface area contributed by atoms with Crippen LogP contribution in [0.1, 0.15) is 258 Å². The van der Waals surface area contributed by atoms with Gasteiger partial charge in [-0.1, -0.05) is 246 Å². The van der Waals surface area contributed by atoms with E-state index in [0.29, 0.717) is 12.8 Å². The van der Waals surface area contributed by atoms with Crippen LogP contribution < -0.4 is 5.32 Å². The first-order valence-electron chi connectivity index (χ1n) is 32.0. The van der Waals surface area contributed by atoms with Gasteiger partial charge in [-0.3, -0.25) is 9.59 Å². The minimum Gasteiger partial charge on any atom is -0.454 e. The summed E-state index contributed by atoms with van der Waals surface area (Å²) in [6, 6.07) is -1.05. The lowest BCUT2D eigenvalue weighted by molar-refractivity contribution is -0.305. The molecule has 0 spiro atoms. The zero-order valence-corrected chi connectivity index (χ0v) is 50.2. The molecular weight excluding hydrogens is 991 g/mol. The van der Waals surface area contributed by atoms with E-state index in [9.17, 15) is 35.1 Å². The van der Waals surface area contributed by atoms with Gasteiger partial charge in [0.2, 0.25) is 5.91 Å². The summed E-state index contributed by atoms with van der Waals surface area (Å²) in [4.78, 5) is 26.6. The standard InChI is InChI=1S/C68H117NO10/c1-4-7-10-13-16-19-22-25-27-29-31-33-35-38-41-44-47-50-53-56-63(73)79-66-65(75)64(74)62(57-70)78-68(66)77-58-59(60(71)54-51-48-45-42-39-36-24-21-18-15-12-9-6-3)69-67(76)61(72)55-52-49-46-43-40-37-34-32-30-28-26-23-20-17-14-11-8-5-2/h8,11,16-17,19-20,25-28,32,34,40,43,51,54,59-62,64-66,68,70-72,74-75H,4-7,9-10,12-15,18,21-24,29-31,33,35-39,41-42,44-50,52-53,55-58H2,1-3H3,(H,69,76)/b11-8-,19-16-,20-17-,27-25-,28-26-,34-32-,43-40-,54-51+. The van der Waals surface area contributed by atoms with Crippen molar-refractivity contribution < 1.29 is 49.3 Å². The molecule has 1 aliphatic rings. The quantitative estimate of drug-likeness (QED) is 0.0195. The highest BCUT2D eigenvalue weighted by atomic mass is 16.7. The average Bonchev–Trinajstić information content (AvgIpc) is 3.49. The molecule has 454 valence electrons. The molecule has 79 heavy (non-hydrogen) atoms. The molecule has 0 aromatic rings. The second-order valence-corrected chi connectivity index (χ2v) is 21.8. The van der Waals surface area contributed by atoms with Crippen LogP contribution in [0, 0.1) is 0 Å². The van der Waals surface area contributed by atoms with E-state index in [4.69, 9.17) is 14.2 Å². The molecule has 1 amide bonds. The number of carbonyl (C=O) groups is 2. The van der Waals surface area contributed by atoms with Crippen LogP contribution in [0.3, 0.4) is 0 Å². The van der Waals surface area contributed by atoms with Crippen LogP contribution in [0.4, 0.5) is 0 Å². The van der Waals surface area contributed by atoms with Crippen molar-refractivity contribution in [2.24, 2.45) is 0 Å². The Kier molecular flexibility index (Phi) is 51.4. The molecule has 6 N–H and O–H groups in total. The summed E-state index contributed by atoms with van der Waals surface area (Å²) >= 11 is 0. The Morgan fingerprint density at radius 2 is 0.911 bits per heavy atom. The Bertz CT molecular complexity index is 1650. The second-order valence-electron chi connectivity index (χ2n) is 21.8. The molecule has 1 fully saturated rings. The van der Waals surface area contributed by atoms with E-state index < -0.39 is 67.4 Å². The van der Waals surface area contributed by atoms with Gasteiger partial charge in [0.25, 0.3) is 0 Å². The van der Waals surface area contributed by atoms with Gasteiger partial charge in [0.15, 0.2) is 12.4 Å². The van der Waals surface area contributed by atoms with E-state index in [0.717, 1.165) is 109 Å². The molecule has 1 aliphatic heterocycles. The van der Waals surface area contributed by atoms with Gasteiger partial charge >= 0.3 is 5.97 Å². The third-order valence-corrected chi connectivity index (χ3v) is 14.5. The third-order valence-electron chi connectivity index (χ3n) is 14.5. The highest BCUT2D eigenvalue weighted by Crippen LogP contribution is 2.26. The lowest BCUT2D eigenvalue weighted by atomic mass is 9.99. The molecule has 8 atom stereocenters. The molecular formula is C68H117NO10. The minimum absolute atomic E-state index is 0.110. The topological polar surface area (TPSA) is 175 Å². The lowest BCUT2D eigenvalue weighted by Crippen LogP contribution is -2.61. The summed E-state index contributed by atoms with van der Waals surface area (Å²) in [5.74, 6) is -1.24. The van der Waals surface area contributed by atoms with Gasteiger partial charge in [-0.25, -0.2) is 0 Å². The Balaban J connectivity index is 2.71. The molecule has 0 bridgehead atoms. The fraction of sp³-hybridized carbons (Fsp3) is 0.735. The lowest BCUT2D eigenvalue weighted by Gasteiger charge is -2.41. The van der Waals surface area contributed by atoms with E-state index in [1.54, 1.807) is 6.08 Å². The number of hydrogen-bond donors (Lipinski definition) is 6. The van der Waals surface area contributed by atoms with Gasteiger partial charge < -0.3 is 45.1 Å². The van der Waals surface area contributed by atoms with Gasteiger partial charge in [0.1, 0.15) is 24.4 Å². The molecule has 1 rings (SSSR count). The highest BCUT2D eigenvalue weighted by molar-refractivity contribution is 5.80. The zero-order valence-electron chi connectivity index (χ0n) is 50.2. The Morgan fingerprint density at radius 1 is 0.506 bits per heavy atom. The number of allylic oxidation sites excluding steroid dienone is 15. The fourth-order valence-electron chi connectivity index (χ4n) is 9.41. The fourth-order valence-corrected chi connectivity index (χ4v) is 9.41. The van der Waals surface area contributed by atoms with Crippen LogP contribution in [-0.4, -0.2) is 99.6 Å².